The van der Waals surface area contributed by atoms with Gasteiger partial charge >= 0.3 is 5.97 Å². The van der Waals surface area contributed by atoms with Crippen LogP contribution in [-0.2, 0) is 22.4 Å². The number of esters is 1. The molecule has 0 radical (unpaired) electrons. The number of carbonyl (C=O) groups excluding carboxylic acids is 1. The van der Waals surface area contributed by atoms with E-state index in [0.717, 1.165) is 22.7 Å². The fraction of sp³-hybridized carbons (Fsp3) is 0.500. The maximum Gasteiger partial charge on any atom is 0.316 e. The summed E-state index contributed by atoms with van der Waals surface area (Å²) in [5.41, 5.74) is 1.41. The van der Waals surface area contributed by atoms with Crippen LogP contribution in [0.1, 0.15) is 30.2 Å². The second-order valence-corrected chi connectivity index (χ2v) is 6.71. The zero-order valence-corrected chi connectivity index (χ0v) is 13.0. The van der Waals surface area contributed by atoms with Crippen LogP contribution in [0.3, 0.4) is 0 Å². The summed E-state index contributed by atoms with van der Waals surface area (Å²) in [5, 5.41) is 2.09. The molecule has 1 aliphatic rings. The molecule has 0 aromatic carbocycles. The zero-order chi connectivity index (χ0) is 13.9. The van der Waals surface area contributed by atoms with E-state index in [1.807, 2.05) is 6.92 Å². The molecule has 0 saturated heterocycles. The van der Waals surface area contributed by atoms with Gasteiger partial charge in [-0.25, -0.2) is 9.97 Å². The highest BCUT2D eigenvalue weighted by Crippen LogP contribution is 2.39. The molecule has 0 aliphatic heterocycles. The number of aromatic nitrogens is 2. The molecule has 20 heavy (non-hydrogen) atoms. The largest absolute Gasteiger partial charge is 0.465 e. The van der Waals surface area contributed by atoms with Crippen LogP contribution in [-0.4, -0.2) is 28.3 Å². The first-order chi connectivity index (χ1) is 9.79. The van der Waals surface area contributed by atoms with Crippen LogP contribution >= 0.6 is 23.1 Å². The van der Waals surface area contributed by atoms with E-state index < -0.39 is 0 Å². The second kappa shape index (κ2) is 6.10. The lowest BCUT2D eigenvalue weighted by Crippen LogP contribution is -2.07. The number of nitrogens with zero attached hydrogens (tertiary/aromatic N) is 2. The Kier molecular flexibility index (Phi) is 4.21. The van der Waals surface area contributed by atoms with Gasteiger partial charge in [-0.3, -0.25) is 4.79 Å². The second-order valence-electron chi connectivity index (χ2n) is 4.66. The number of thiophene rings is 1. The van der Waals surface area contributed by atoms with Gasteiger partial charge in [0.25, 0.3) is 0 Å². The van der Waals surface area contributed by atoms with Crippen molar-refractivity contribution < 1.29 is 9.53 Å². The van der Waals surface area contributed by atoms with Crippen LogP contribution in [0.15, 0.2) is 11.4 Å². The smallest absolute Gasteiger partial charge is 0.316 e. The summed E-state index contributed by atoms with van der Waals surface area (Å²) in [7, 11) is 0. The van der Waals surface area contributed by atoms with E-state index in [2.05, 4.69) is 9.97 Å². The number of hydrogen-bond acceptors (Lipinski definition) is 6. The number of thioether (sulfide) groups is 1. The first-order valence-electron chi connectivity index (χ1n) is 6.83. The summed E-state index contributed by atoms with van der Waals surface area (Å²) < 4.78 is 4.97. The minimum absolute atomic E-state index is 0.187. The average molecular weight is 308 g/mol. The first-order valence-corrected chi connectivity index (χ1v) is 8.63. The molecule has 2 heterocycles. The van der Waals surface area contributed by atoms with Crippen molar-refractivity contribution in [2.75, 3.05) is 12.4 Å². The fourth-order valence-electron chi connectivity index (χ4n) is 2.50. The van der Waals surface area contributed by atoms with Gasteiger partial charge in [0.05, 0.1) is 12.4 Å². The van der Waals surface area contributed by atoms with E-state index >= 15 is 0 Å². The van der Waals surface area contributed by atoms with Crippen LogP contribution in [0.2, 0.25) is 0 Å². The molecule has 0 bridgehead atoms. The summed E-state index contributed by atoms with van der Waals surface area (Å²) in [6, 6.07) is 0. The maximum atomic E-state index is 11.5. The molecular weight excluding hydrogens is 292 g/mol. The van der Waals surface area contributed by atoms with E-state index in [9.17, 15) is 4.79 Å². The Labute approximate surface area is 126 Å². The van der Waals surface area contributed by atoms with Gasteiger partial charge in [0.2, 0.25) is 0 Å². The third-order valence-electron chi connectivity index (χ3n) is 3.35. The number of ether oxygens (including phenoxy) is 1. The summed E-state index contributed by atoms with van der Waals surface area (Å²) >= 11 is 3.23. The molecule has 0 N–H and O–H groups in total. The molecular formula is C14H16N2O2S2. The SMILES string of the molecule is CCOC(=O)CSc1ncnc2sc3c(c12)CCCC3. The van der Waals surface area contributed by atoms with E-state index in [-0.39, 0.29) is 5.97 Å². The van der Waals surface area contributed by atoms with Crippen LogP contribution < -0.4 is 0 Å². The highest BCUT2D eigenvalue weighted by molar-refractivity contribution is 8.00. The lowest BCUT2D eigenvalue weighted by Gasteiger charge is -2.11. The van der Waals surface area contributed by atoms with E-state index in [0.29, 0.717) is 12.4 Å². The minimum atomic E-state index is -0.187. The number of carbonyl (C=O) groups is 1. The number of aryl methyl sites for hydroxylation is 2. The monoisotopic (exact) mass is 308 g/mol. The molecule has 2 aromatic rings. The van der Waals surface area contributed by atoms with Gasteiger partial charge in [-0.15, -0.1) is 11.3 Å². The van der Waals surface area contributed by atoms with Gasteiger partial charge in [-0.2, -0.15) is 0 Å². The van der Waals surface area contributed by atoms with Crippen molar-refractivity contribution in [1.82, 2.24) is 9.97 Å². The minimum Gasteiger partial charge on any atom is -0.465 e. The topological polar surface area (TPSA) is 52.1 Å². The van der Waals surface area contributed by atoms with Crippen molar-refractivity contribution in [3.63, 3.8) is 0 Å². The van der Waals surface area contributed by atoms with Crippen LogP contribution in [0.5, 0.6) is 0 Å². The van der Waals surface area contributed by atoms with E-state index in [1.165, 1.54) is 40.4 Å². The van der Waals surface area contributed by atoms with Gasteiger partial charge in [0.15, 0.2) is 0 Å². The Hall–Kier alpha value is -1.14. The molecule has 4 nitrogen and oxygen atoms in total. The third-order valence-corrected chi connectivity index (χ3v) is 5.51. The molecule has 0 amide bonds. The number of fused-ring (bicyclic) bond motifs is 3. The maximum absolute atomic E-state index is 11.5. The van der Waals surface area contributed by atoms with Gasteiger partial charge in [-0.1, -0.05) is 11.8 Å². The summed E-state index contributed by atoms with van der Waals surface area (Å²) in [6.07, 6.45) is 6.35. The predicted octanol–water partition coefficient (Wildman–Crippen LogP) is 3.23. The lowest BCUT2D eigenvalue weighted by atomic mass is 9.97. The Morgan fingerprint density at radius 1 is 1.40 bits per heavy atom. The van der Waals surface area contributed by atoms with Crippen molar-refractivity contribution >= 4 is 39.3 Å². The summed E-state index contributed by atoms with van der Waals surface area (Å²) in [6.45, 7) is 2.24. The standard InChI is InChI=1S/C14H16N2O2S2/c1-2-18-11(17)7-19-13-12-9-5-3-4-6-10(9)20-14(12)16-8-15-13/h8H,2-7H2,1H3. The van der Waals surface area contributed by atoms with Crippen LogP contribution in [0, 0.1) is 0 Å². The normalized spacial score (nSPS) is 14.2. The van der Waals surface area contributed by atoms with Crippen molar-refractivity contribution in [2.24, 2.45) is 0 Å². The van der Waals surface area contributed by atoms with E-state index in [4.69, 9.17) is 4.74 Å². The van der Waals surface area contributed by atoms with Gasteiger partial charge in [0, 0.05) is 10.3 Å². The van der Waals surface area contributed by atoms with Crippen LogP contribution in [0.4, 0.5) is 0 Å². The quantitative estimate of drug-likeness (QED) is 0.493. The van der Waals surface area contributed by atoms with Crippen molar-refractivity contribution in [3.05, 3.63) is 16.8 Å². The van der Waals surface area contributed by atoms with Crippen molar-refractivity contribution in [1.29, 1.82) is 0 Å². The highest BCUT2D eigenvalue weighted by atomic mass is 32.2. The zero-order valence-electron chi connectivity index (χ0n) is 11.3. The van der Waals surface area contributed by atoms with Crippen molar-refractivity contribution in [3.8, 4) is 0 Å². The number of rotatable bonds is 4. The van der Waals surface area contributed by atoms with Gasteiger partial charge < -0.3 is 4.74 Å². The molecule has 2 aromatic heterocycles. The first kappa shape index (κ1) is 13.8. The Morgan fingerprint density at radius 2 is 2.25 bits per heavy atom. The number of hydrogen-bond donors (Lipinski definition) is 0. The Balaban J connectivity index is 1.90. The Morgan fingerprint density at radius 3 is 3.10 bits per heavy atom. The average Bonchev–Trinajstić information content (AvgIpc) is 2.84. The highest BCUT2D eigenvalue weighted by Gasteiger charge is 2.20. The molecule has 106 valence electrons. The third kappa shape index (κ3) is 2.67. The molecule has 0 fully saturated rings. The summed E-state index contributed by atoms with van der Waals surface area (Å²) in [4.78, 5) is 22.8. The van der Waals surface area contributed by atoms with E-state index in [1.54, 1.807) is 17.7 Å². The van der Waals surface area contributed by atoms with Crippen molar-refractivity contribution in [2.45, 2.75) is 37.6 Å². The van der Waals surface area contributed by atoms with Gasteiger partial charge in [0.1, 0.15) is 16.2 Å². The molecule has 0 unspecified atom stereocenters. The molecule has 3 rings (SSSR count). The molecule has 0 spiro atoms. The molecule has 6 heteroatoms. The van der Waals surface area contributed by atoms with Gasteiger partial charge in [-0.05, 0) is 38.2 Å². The fourth-order valence-corrected chi connectivity index (χ4v) is 4.62. The summed E-state index contributed by atoms with van der Waals surface area (Å²) in [5.74, 6) is 0.123. The Bertz CT molecular complexity index is 639. The molecule has 0 saturated carbocycles. The lowest BCUT2D eigenvalue weighted by molar-refractivity contribution is -0.139. The predicted molar refractivity (Wildman–Crippen MR) is 81.4 cm³/mol. The molecule has 1 aliphatic carbocycles. The van der Waals surface area contributed by atoms with Crippen LogP contribution in [0.25, 0.3) is 10.2 Å². The molecule has 0 atom stereocenters.